The van der Waals surface area contributed by atoms with Crippen LogP contribution < -0.4 is 14.8 Å². The number of nitrogens with zero attached hydrogens (tertiary/aromatic N) is 2. The minimum Gasteiger partial charge on any atom is -0.490 e. The molecular formula is C19H25N3O3. The summed E-state index contributed by atoms with van der Waals surface area (Å²) in [6.07, 6.45) is 3.25. The second-order valence-electron chi connectivity index (χ2n) is 7.16. The SMILES string of the molecule is CC(C)[C@H](NCc1cccc2c1OCCCO2)c1nc(C2CC2)no1. The summed E-state index contributed by atoms with van der Waals surface area (Å²) >= 11 is 0. The van der Waals surface area contributed by atoms with Gasteiger partial charge in [-0.25, -0.2) is 0 Å². The Morgan fingerprint density at radius 1 is 1.20 bits per heavy atom. The Morgan fingerprint density at radius 3 is 2.84 bits per heavy atom. The van der Waals surface area contributed by atoms with Gasteiger partial charge in [0.1, 0.15) is 0 Å². The zero-order valence-electron chi connectivity index (χ0n) is 14.8. The van der Waals surface area contributed by atoms with Crippen LogP contribution in [0.5, 0.6) is 11.5 Å². The fourth-order valence-corrected chi connectivity index (χ4v) is 3.10. The summed E-state index contributed by atoms with van der Waals surface area (Å²) in [6.45, 7) is 6.36. The lowest BCUT2D eigenvalue weighted by molar-refractivity contribution is 0.282. The monoisotopic (exact) mass is 343 g/mol. The quantitative estimate of drug-likeness (QED) is 0.864. The largest absolute Gasteiger partial charge is 0.490 e. The molecule has 1 fully saturated rings. The molecule has 25 heavy (non-hydrogen) atoms. The van der Waals surface area contributed by atoms with E-state index in [0.717, 1.165) is 29.3 Å². The Labute approximate surface area is 147 Å². The summed E-state index contributed by atoms with van der Waals surface area (Å²) in [5, 5.41) is 7.71. The number of hydrogen-bond acceptors (Lipinski definition) is 6. The van der Waals surface area contributed by atoms with Crippen LogP contribution in [-0.2, 0) is 6.54 Å². The summed E-state index contributed by atoms with van der Waals surface area (Å²) in [5.74, 6) is 4.04. The van der Waals surface area contributed by atoms with Gasteiger partial charge >= 0.3 is 0 Å². The number of para-hydroxylation sites is 1. The van der Waals surface area contributed by atoms with E-state index < -0.39 is 0 Å². The number of aromatic nitrogens is 2. The third kappa shape index (κ3) is 3.63. The van der Waals surface area contributed by atoms with Crippen molar-refractivity contribution >= 4 is 0 Å². The Kier molecular flexibility index (Phi) is 4.61. The van der Waals surface area contributed by atoms with Crippen molar-refractivity contribution in [1.82, 2.24) is 15.5 Å². The normalized spacial score (nSPS) is 18.2. The topological polar surface area (TPSA) is 69.4 Å². The average Bonchev–Trinajstić information content (AvgIpc) is 3.38. The highest BCUT2D eigenvalue weighted by Crippen LogP contribution is 2.39. The Bertz CT molecular complexity index is 724. The lowest BCUT2D eigenvalue weighted by Gasteiger charge is -2.20. The van der Waals surface area contributed by atoms with Gasteiger partial charge in [-0.1, -0.05) is 31.1 Å². The standard InChI is InChI=1S/C19H25N3O3/c1-12(2)16(19-21-18(22-25-19)13-7-8-13)20-11-14-5-3-6-15-17(14)24-10-4-9-23-15/h3,5-6,12-13,16,20H,4,7-11H2,1-2H3/t16-/m0/s1. The highest BCUT2D eigenvalue weighted by molar-refractivity contribution is 5.47. The van der Waals surface area contributed by atoms with Gasteiger partial charge in [-0.05, 0) is 24.8 Å². The number of ether oxygens (including phenoxy) is 2. The van der Waals surface area contributed by atoms with Crippen LogP contribution in [0.1, 0.15) is 62.3 Å². The molecule has 0 radical (unpaired) electrons. The summed E-state index contributed by atoms with van der Waals surface area (Å²) in [7, 11) is 0. The molecule has 6 heteroatoms. The first kappa shape index (κ1) is 16.4. The highest BCUT2D eigenvalue weighted by atomic mass is 16.5. The number of benzene rings is 1. The van der Waals surface area contributed by atoms with E-state index in [1.165, 1.54) is 12.8 Å². The Balaban J connectivity index is 1.50. The van der Waals surface area contributed by atoms with Gasteiger partial charge in [-0.15, -0.1) is 0 Å². The van der Waals surface area contributed by atoms with Crippen molar-refractivity contribution in [3.05, 3.63) is 35.5 Å². The molecule has 134 valence electrons. The van der Waals surface area contributed by atoms with Gasteiger partial charge in [0.2, 0.25) is 5.89 Å². The van der Waals surface area contributed by atoms with Crippen molar-refractivity contribution < 1.29 is 14.0 Å². The highest BCUT2D eigenvalue weighted by Gasteiger charge is 2.31. The second-order valence-corrected chi connectivity index (χ2v) is 7.16. The van der Waals surface area contributed by atoms with E-state index in [2.05, 4.69) is 35.4 Å². The fourth-order valence-electron chi connectivity index (χ4n) is 3.10. The van der Waals surface area contributed by atoms with Crippen LogP contribution >= 0.6 is 0 Å². The summed E-state index contributed by atoms with van der Waals surface area (Å²) in [4.78, 5) is 4.61. The number of nitrogens with one attached hydrogen (secondary N) is 1. The molecule has 6 nitrogen and oxygen atoms in total. The maximum Gasteiger partial charge on any atom is 0.244 e. The summed E-state index contributed by atoms with van der Waals surface area (Å²) in [6, 6.07) is 6.06. The van der Waals surface area contributed by atoms with E-state index in [4.69, 9.17) is 14.0 Å². The van der Waals surface area contributed by atoms with E-state index in [1.807, 2.05) is 12.1 Å². The molecular weight excluding hydrogens is 318 g/mol. The van der Waals surface area contributed by atoms with Gasteiger partial charge in [-0.2, -0.15) is 4.98 Å². The van der Waals surface area contributed by atoms with Crippen molar-refractivity contribution in [2.75, 3.05) is 13.2 Å². The Morgan fingerprint density at radius 2 is 2.04 bits per heavy atom. The van der Waals surface area contributed by atoms with Gasteiger partial charge in [-0.3, -0.25) is 0 Å². The van der Waals surface area contributed by atoms with Crippen molar-refractivity contribution in [1.29, 1.82) is 0 Å². The number of hydrogen-bond donors (Lipinski definition) is 1. The zero-order chi connectivity index (χ0) is 17.2. The molecule has 0 spiro atoms. The smallest absolute Gasteiger partial charge is 0.244 e. The van der Waals surface area contributed by atoms with Crippen molar-refractivity contribution in [2.24, 2.45) is 5.92 Å². The molecule has 1 aliphatic heterocycles. The molecule has 2 aromatic rings. The van der Waals surface area contributed by atoms with Gasteiger partial charge in [0.25, 0.3) is 0 Å². The van der Waals surface area contributed by atoms with Crippen molar-refractivity contribution in [2.45, 2.75) is 51.6 Å². The molecule has 0 saturated heterocycles. The third-order valence-corrected chi connectivity index (χ3v) is 4.70. The first-order valence-corrected chi connectivity index (χ1v) is 9.16. The lowest BCUT2D eigenvalue weighted by Crippen LogP contribution is -2.26. The molecule has 1 aliphatic carbocycles. The zero-order valence-corrected chi connectivity index (χ0v) is 14.8. The summed E-state index contributed by atoms with van der Waals surface area (Å²) < 4.78 is 17.2. The predicted octanol–water partition coefficient (Wildman–Crippen LogP) is 3.60. The molecule has 0 unspecified atom stereocenters. The minimum absolute atomic E-state index is 0.0163. The van der Waals surface area contributed by atoms with Crippen LogP contribution in [0.4, 0.5) is 0 Å². The van der Waals surface area contributed by atoms with Gasteiger partial charge < -0.3 is 19.3 Å². The Hall–Kier alpha value is -2.08. The number of fused-ring (bicyclic) bond motifs is 1. The van der Waals surface area contributed by atoms with Crippen molar-refractivity contribution in [3.63, 3.8) is 0 Å². The molecule has 0 amide bonds. The van der Waals surface area contributed by atoms with Crippen LogP contribution in [0, 0.1) is 5.92 Å². The molecule has 0 bridgehead atoms. The first-order chi connectivity index (χ1) is 12.2. The summed E-state index contributed by atoms with van der Waals surface area (Å²) in [5.41, 5.74) is 1.09. The van der Waals surface area contributed by atoms with E-state index in [9.17, 15) is 0 Å². The van der Waals surface area contributed by atoms with Crippen molar-refractivity contribution in [3.8, 4) is 11.5 Å². The van der Waals surface area contributed by atoms with E-state index in [0.29, 0.717) is 37.5 Å². The van der Waals surface area contributed by atoms with Gasteiger partial charge in [0.05, 0.1) is 19.3 Å². The van der Waals surface area contributed by atoms with Crippen LogP contribution in [0.3, 0.4) is 0 Å². The molecule has 2 aliphatic rings. The van der Waals surface area contributed by atoms with Crippen LogP contribution in [0.2, 0.25) is 0 Å². The van der Waals surface area contributed by atoms with Gasteiger partial charge in [0, 0.05) is 24.4 Å². The molecule has 4 rings (SSSR count). The van der Waals surface area contributed by atoms with Gasteiger partial charge in [0.15, 0.2) is 17.3 Å². The van der Waals surface area contributed by atoms with E-state index in [-0.39, 0.29) is 6.04 Å². The predicted molar refractivity (Wildman–Crippen MR) is 92.7 cm³/mol. The number of rotatable bonds is 6. The fraction of sp³-hybridized carbons (Fsp3) is 0.579. The van der Waals surface area contributed by atoms with Crippen LogP contribution in [0.25, 0.3) is 0 Å². The molecule has 2 heterocycles. The average molecular weight is 343 g/mol. The molecule has 1 N–H and O–H groups in total. The maximum absolute atomic E-state index is 5.91. The molecule has 1 aromatic carbocycles. The van der Waals surface area contributed by atoms with E-state index >= 15 is 0 Å². The second kappa shape index (κ2) is 7.04. The molecule has 1 atom stereocenters. The maximum atomic E-state index is 5.91. The van der Waals surface area contributed by atoms with E-state index in [1.54, 1.807) is 0 Å². The van der Waals surface area contributed by atoms with Crippen LogP contribution in [0.15, 0.2) is 22.7 Å². The molecule has 1 aromatic heterocycles. The lowest BCUT2D eigenvalue weighted by atomic mass is 10.0. The minimum atomic E-state index is 0.0163. The third-order valence-electron chi connectivity index (χ3n) is 4.70. The van der Waals surface area contributed by atoms with Crippen LogP contribution in [-0.4, -0.2) is 23.4 Å². The molecule has 1 saturated carbocycles. The first-order valence-electron chi connectivity index (χ1n) is 9.16.